The molecule has 3 atom stereocenters. The van der Waals surface area contributed by atoms with Crippen molar-refractivity contribution in [1.29, 1.82) is 0 Å². The fourth-order valence-electron chi connectivity index (χ4n) is 3.73. The lowest BCUT2D eigenvalue weighted by atomic mass is 9.79. The Balaban J connectivity index is 2.62. The van der Waals surface area contributed by atoms with Crippen LogP contribution in [0.1, 0.15) is 72.6 Å². The molecule has 1 rings (SSSR count). The summed E-state index contributed by atoms with van der Waals surface area (Å²) in [6, 6.07) is 1.51. The second-order valence-electron chi connectivity index (χ2n) is 6.18. The molecule has 1 aliphatic rings. The SMILES string of the molecule is CCCCN(CC)C1CC(CCC)CCC1NCC. The summed E-state index contributed by atoms with van der Waals surface area (Å²) < 4.78 is 0. The van der Waals surface area contributed by atoms with E-state index >= 15 is 0 Å². The molecule has 2 nitrogen and oxygen atoms in total. The van der Waals surface area contributed by atoms with Crippen LogP contribution in [0.25, 0.3) is 0 Å². The van der Waals surface area contributed by atoms with Gasteiger partial charge >= 0.3 is 0 Å². The summed E-state index contributed by atoms with van der Waals surface area (Å²) in [7, 11) is 0. The highest BCUT2D eigenvalue weighted by Crippen LogP contribution is 2.31. The van der Waals surface area contributed by atoms with Gasteiger partial charge in [-0.05, 0) is 51.2 Å². The highest BCUT2D eigenvalue weighted by Gasteiger charge is 2.32. The van der Waals surface area contributed by atoms with Crippen LogP contribution in [0.3, 0.4) is 0 Å². The van der Waals surface area contributed by atoms with Gasteiger partial charge < -0.3 is 5.32 Å². The number of rotatable bonds is 9. The molecule has 1 saturated carbocycles. The van der Waals surface area contributed by atoms with Crippen molar-refractivity contribution in [3.8, 4) is 0 Å². The van der Waals surface area contributed by atoms with E-state index in [-0.39, 0.29) is 0 Å². The predicted octanol–water partition coefficient (Wildman–Crippen LogP) is 4.06. The zero-order valence-electron chi connectivity index (χ0n) is 13.8. The summed E-state index contributed by atoms with van der Waals surface area (Å²) in [6.07, 6.45) is 9.68. The fraction of sp³-hybridized carbons (Fsp3) is 1.00. The van der Waals surface area contributed by atoms with Crippen LogP contribution in [0, 0.1) is 5.92 Å². The molecule has 0 aromatic carbocycles. The van der Waals surface area contributed by atoms with Crippen molar-refractivity contribution in [3.63, 3.8) is 0 Å². The molecule has 1 aliphatic carbocycles. The van der Waals surface area contributed by atoms with Gasteiger partial charge in [0, 0.05) is 12.1 Å². The first-order chi connectivity index (χ1) is 9.26. The molecule has 0 radical (unpaired) electrons. The quantitative estimate of drug-likeness (QED) is 0.678. The first-order valence-corrected chi connectivity index (χ1v) is 8.74. The fourth-order valence-corrected chi connectivity index (χ4v) is 3.73. The standard InChI is InChI=1S/C17H36N2/c1-5-9-13-19(8-4)17-14-15(10-6-2)11-12-16(17)18-7-3/h15-18H,5-14H2,1-4H3. The van der Waals surface area contributed by atoms with Gasteiger partial charge in [-0.25, -0.2) is 0 Å². The maximum Gasteiger partial charge on any atom is 0.0251 e. The monoisotopic (exact) mass is 268 g/mol. The topological polar surface area (TPSA) is 15.3 Å². The van der Waals surface area contributed by atoms with Gasteiger partial charge in [-0.3, -0.25) is 4.90 Å². The molecular formula is C17H36N2. The van der Waals surface area contributed by atoms with E-state index in [9.17, 15) is 0 Å². The van der Waals surface area contributed by atoms with Crippen molar-refractivity contribution in [2.45, 2.75) is 84.7 Å². The Morgan fingerprint density at radius 2 is 1.84 bits per heavy atom. The molecule has 0 amide bonds. The van der Waals surface area contributed by atoms with Gasteiger partial charge in [0.2, 0.25) is 0 Å². The van der Waals surface area contributed by atoms with E-state index in [1.165, 1.54) is 58.0 Å². The van der Waals surface area contributed by atoms with E-state index in [1.807, 2.05) is 0 Å². The number of nitrogens with zero attached hydrogens (tertiary/aromatic N) is 1. The second-order valence-corrected chi connectivity index (χ2v) is 6.18. The van der Waals surface area contributed by atoms with Crippen molar-refractivity contribution in [2.24, 2.45) is 5.92 Å². The van der Waals surface area contributed by atoms with E-state index in [4.69, 9.17) is 0 Å². The molecule has 2 heteroatoms. The lowest BCUT2D eigenvalue weighted by Crippen LogP contribution is -2.53. The summed E-state index contributed by atoms with van der Waals surface area (Å²) in [5.41, 5.74) is 0. The van der Waals surface area contributed by atoms with Crippen molar-refractivity contribution < 1.29 is 0 Å². The van der Waals surface area contributed by atoms with E-state index < -0.39 is 0 Å². The molecule has 19 heavy (non-hydrogen) atoms. The van der Waals surface area contributed by atoms with Gasteiger partial charge in [0.25, 0.3) is 0 Å². The zero-order valence-corrected chi connectivity index (χ0v) is 13.8. The van der Waals surface area contributed by atoms with Crippen molar-refractivity contribution in [3.05, 3.63) is 0 Å². The Labute approximate surface area is 121 Å². The third kappa shape index (κ3) is 5.43. The Kier molecular flexibility index (Phi) is 8.72. The van der Waals surface area contributed by atoms with Gasteiger partial charge in [0.15, 0.2) is 0 Å². The molecule has 0 spiro atoms. The average molecular weight is 268 g/mol. The number of likely N-dealkylation sites (N-methyl/N-ethyl adjacent to an activating group) is 2. The molecule has 0 aromatic rings. The van der Waals surface area contributed by atoms with Crippen molar-refractivity contribution in [2.75, 3.05) is 19.6 Å². The predicted molar refractivity (Wildman–Crippen MR) is 85.7 cm³/mol. The van der Waals surface area contributed by atoms with Crippen LogP contribution in [-0.2, 0) is 0 Å². The second kappa shape index (κ2) is 9.77. The molecule has 0 aliphatic heterocycles. The van der Waals surface area contributed by atoms with Crippen molar-refractivity contribution in [1.82, 2.24) is 10.2 Å². The van der Waals surface area contributed by atoms with Crippen LogP contribution in [0.5, 0.6) is 0 Å². The third-order valence-electron chi connectivity index (χ3n) is 4.76. The molecule has 0 heterocycles. The molecule has 1 N–H and O–H groups in total. The number of unbranched alkanes of at least 4 members (excludes halogenated alkanes) is 1. The average Bonchev–Trinajstić information content (AvgIpc) is 2.42. The maximum atomic E-state index is 3.75. The summed E-state index contributed by atoms with van der Waals surface area (Å²) in [5, 5.41) is 3.75. The van der Waals surface area contributed by atoms with Crippen LogP contribution < -0.4 is 5.32 Å². The molecule has 0 saturated heterocycles. The Bertz CT molecular complexity index is 217. The third-order valence-corrected chi connectivity index (χ3v) is 4.76. The van der Waals surface area contributed by atoms with Gasteiger partial charge in [0.1, 0.15) is 0 Å². The van der Waals surface area contributed by atoms with Crippen molar-refractivity contribution >= 4 is 0 Å². The summed E-state index contributed by atoms with van der Waals surface area (Å²) in [4.78, 5) is 2.75. The van der Waals surface area contributed by atoms with E-state index in [2.05, 4.69) is 37.9 Å². The first kappa shape index (κ1) is 17.0. The molecule has 1 fully saturated rings. The summed E-state index contributed by atoms with van der Waals surface area (Å²) in [5.74, 6) is 0.973. The minimum atomic E-state index is 0.731. The van der Waals surface area contributed by atoms with Crippen LogP contribution in [0.2, 0.25) is 0 Å². The Hall–Kier alpha value is -0.0800. The van der Waals surface area contributed by atoms with Gasteiger partial charge in [-0.1, -0.05) is 47.0 Å². The zero-order chi connectivity index (χ0) is 14.1. The highest BCUT2D eigenvalue weighted by atomic mass is 15.2. The maximum absolute atomic E-state index is 3.75. The molecule has 0 bridgehead atoms. The largest absolute Gasteiger partial charge is 0.313 e. The molecular weight excluding hydrogens is 232 g/mol. The van der Waals surface area contributed by atoms with Gasteiger partial charge in [-0.15, -0.1) is 0 Å². The normalized spacial score (nSPS) is 27.9. The van der Waals surface area contributed by atoms with Crippen LogP contribution in [0.4, 0.5) is 0 Å². The lowest BCUT2D eigenvalue weighted by molar-refractivity contribution is 0.0974. The molecule has 0 aromatic heterocycles. The Morgan fingerprint density at radius 1 is 1.05 bits per heavy atom. The van der Waals surface area contributed by atoms with Crippen LogP contribution in [-0.4, -0.2) is 36.6 Å². The van der Waals surface area contributed by atoms with Gasteiger partial charge in [0.05, 0.1) is 0 Å². The Morgan fingerprint density at radius 3 is 2.42 bits per heavy atom. The summed E-state index contributed by atoms with van der Waals surface area (Å²) >= 11 is 0. The van der Waals surface area contributed by atoms with E-state index in [0.717, 1.165) is 24.5 Å². The van der Waals surface area contributed by atoms with E-state index in [0.29, 0.717) is 0 Å². The number of nitrogens with one attached hydrogen (secondary N) is 1. The smallest absolute Gasteiger partial charge is 0.0251 e. The number of hydrogen-bond acceptors (Lipinski definition) is 2. The highest BCUT2D eigenvalue weighted by molar-refractivity contribution is 4.90. The van der Waals surface area contributed by atoms with Crippen LogP contribution in [0.15, 0.2) is 0 Å². The minimum Gasteiger partial charge on any atom is -0.313 e. The summed E-state index contributed by atoms with van der Waals surface area (Å²) in [6.45, 7) is 12.8. The van der Waals surface area contributed by atoms with E-state index in [1.54, 1.807) is 0 Å². The van der Waals surface area contributed by atoms with Crippen LogP contribution >= 0.6 is 0 Å². The first-order valence-electron chi connectivity index (χ1n) is 8.74. The molecule has 3 unspecified atom stereocenters. The van der Waals surface area contributed by atoms with Gasteiger partial charge in [-0.2, -0.15) is 0 Å². The minimum absolute atomic E-state index is 0.731. The lowest BCUT2D eigenvalue weighted by Gasteiger charge is -2.43. The number of hydrogen-bond donors (Lipinski definition) is 1. The molecule has 114 valence electrons.